The second kappa shape index (κ2) is 7.04. The lowest BCUT2D eigenvalue weighted by atomic mass is 10.1. The first-order chi connectivity index (χ1) is 11.2. The van der Waals surface area contributed by atoms with Gasteiger partial charge in [-0.2, -0.15) is 5.10 Å². The van der Waals surface area contributed by atoms with E-state index in [1.54, 1.807) is 31.6 Å². The maximum Gasteiger partial charge on any atom is 0.342 e. The Morgan fingerprint density at radius 1 is 1.33 bits per heavy atom. The Balaban J connectivity index is 2.03. The van der Waals surface area contributed by atoms with Gasteiger partial charge in [0.05, 0.1) is 21.5 Å². The first kappa shape index (κ1) is 18.0. The Morgan fingerprint density at radius 2 is 2.00 bits per heavy atom. The van der Waals surface area contributed by atoms with E-state index < -0.39 is 18.5 Å². The second-order valence-electron chi connectivity index (χ2n) is 5.44. The highest BCUT2D eigenvalue weighted by atomic mass is 79.9. The molecule has 128 valence electrons. The average molecular weight is 396 g/mol. The van der Waals surface area contributed by atoms with E-state index >= 15 is 0 Å². The quantitative estimate of drug-likeness (QED) is 0.775. The van der Waals surface area contributed by atoms with Crippen molar-refractivity contribution in [2.24, 2.45) is 7.05 Å². The number of nitrogens with zero attached hydrogens (tertiary/aromatic N) is 2. The average Bonchev–Trinajstić information content (AvgIpc) is 2.75. The van der Waals surface area contributed by atoms with E-state index in [9.17, 15) is 14.7 Å². The monoisotopic (exact) mass is 395 g/mol. The van der Waals surface area contributed by atoms with E-state index in [4.69, 9.17) is 4.74 Å². The zero-order valence-corrected chi connectivity index (χ0v) is 15.4. The van der Waals surface area contributed by atoms with Crippen LogP contribution in [0.5, 0.6) is 5.75 Å². The number of aromatic nitrogens is 2. The van der Waals surface area contributed by atoms with E-state index in [1.807, 2.05) is 6.92 Å². The molecule has 0 fully saturated rings. The summed E-state index contributed by atoms with van der Waals surface area (Å²) >= 11 is 3.16. The van der Waals surface area contributed by atoms with Crippen LogP contribution in [-0.2, 0) is 16.6 Å². The van der Waals surface area contributed by atoms with Gasteiger partial charge in [-0.1, -0.05) is 0 Å². The number of benzene rings is 1. The maximum atomic E-state index is 12.1. The summed E-state index contributed by atoms with van der Waals surface area (Å²) in [5.41, 5.74) is 2.85. The standard InChI is InChI=1S/C16H18BrN3O4/c1-8-5-11(15(22)12(17)6-8)16(23)24-7-13(21)18-14-9(2)19-20(4)10(14)3/h5-6,22H,7H2,1-4H3,(H,18,21). The molecular formula is C16H18BrN3O4. The van der Waals surface area contributed by atoms with Crippen molar-refractivity contribution in [3.05, 3.63) is 39.1 Å². The highest BCUT2D eigenvalue weighted by Gasteiger charge is 2.18. The third kappa shape index (κ3) is 3.76. The van der Waals surface area contributed by atoms with E-state index in [1.165, 1.54) is 6.07 Å². The minimum Gasteiger partial charge on any atom is -0.506 e. The Kier molecular flexibility index (Phi) is 5.28. The Bertz CT molecular complexity index is 814. The second-order valence-corrected chi connectivity index (χ2v) is 6.29. The lowest BCUT2D eigenvalue weighted by molar-refractivity contribution is -0.119. The zero-order valence-electron chi connectivity index (χ0n) is 13.8. The predicted octanol–water partition coefficient (Wildman–Crippen LogP) is 2.61. The number of aryl methyl sites for hydroxylation is 3. The van der Waals surface area contributed by atoms with Crippen LogP contribution >= 0.6 is 15.9 Å². The first-order valence-corrected chi connectivity index (χ1v) is 7.96. The van der Waals surface area contributed by atoms with Crippen LogP contribution in [0.2, 0.25) is 0 Å². The van der Waals surface area contributed by atoms with Gasteiger partial charge in [0.2, 0.25) is 0 Å². The Labute approximate surface area is 147 Å². The fraction of sp³-hybridized carbons (Fsp3) is 0.312. The van der Waals surface area contributed by atoms with Gasteiger partial charge < -0.3 is 15.2 Å². The number of phenols is 1. The number of anilines is 1. The number of nitrogens with one attached hydrogen (secondary N) is 1. The summed E-state index contributed by atoms with van der Waals surface area (Å²) in [6.07, 6.45) is 0. The number of rotatable bonds is 4. The van der Waals surface area contributed by atoms with Gasteiger partial charge in [0.25, 0.3) is 5.91 Å². The normalized spacial score (nSPS) is 10.5. The molecule has 0 atom stereocenters. The van der Waals surface area contributed by atoms with Crippen molar-refractivity contribution in [3.8, 4) is 5.75 Å². The molecule has 0 unspecified atom stereocenters. The molecule has 0 saturated heterocycles. The van der Waals surface area contributed by atoms with Crippen LogP contribution in [0, 0.1) is 20.8 Å². The Morgan fingerprint density at radius 3 is 2.58 bits per heavy atom. The van der Waals surface area contributed by atoms with Crippen molar-refractivity contribution < 1.29 is 19.4 Å². The molecule has 24 heavy (non-hydrogen) atoms. The highest BCUT2D eigenvalue weighted by molar-refractivity contribution is 9.10. The fourth-order valence-electron chi connectivity index (χ4n) is 2.23. The third-order valence-electron chi connectivity index (χ3n) is 3.54. The molecule has 0 spiro atoms. The molecule has 0 bridgehead atoms. The van der Waals surface area contributed by atoms with Crippen molar-refractivity contribution in [1.82, 2.24) is 9.78 Å². The van der Waals surface area contributed by atoms with Gasteiger partial charge >= 0.3 is 5.97 Å². The molecule has 7 nitrogen and oxygen atoms in total. The lowest BCUT2D eigenvalue weighted by Crippen LogP contribution is -2.21. The van der Waals surface area contributed by atoms with Crippen LogP contribution in [0.25, 0.3) is 0 Å². The summed E-state index contributed by atoms with van der Waals surface area (Å²) < 4.78 is 7.02. The van der Waals surface area contributed by atoms with Crippen molar-refractivity contribution in [3.63, 3.8) is 0 Å². The van der Waals surface area contributed by atoms with Crippen molar-refractivity contribution in [2.45, 2.75) is 20.8 Å². The molecule has 0 aliphatic carbocycles. The van der Waals surface area contributed by atoms with E-state index in [0.29, 0.717) is 15.9 Å². The molecule has 1 heterocycles. The number of halogens is 1. The van der Waals surface area contributed by atoms with Gasteiger partial charge in [0.1, 0.15) is 11.3 Å². The zero-order chi connectivity index (χ0) is 18.0. The molecule has 2 aromatic rings. The van der Waals surface area contributed by atoms with Crippen LogP contribution in [0.3, 0.4) is 0 Å². The van der Waals surface area contributed by atoms with Gasteiger partial charge in [0.15, 0.2) is 6.61 Å². The number of esters is 1. The SMILES string of the molecule is Cc1cc(Br)c(O)c(C(=O)OCC(=O)Nc2c(C)nn(C)c2C)c1. The largest absolute Gasteiger partial charge is 0.506 e. The minimum atomic E-state index is -0.772. The fourth-order valence-corrected chi connectivity index (χ4v) is 2.80. The van der Waals surface area contributed by atoms with Crippen LogP contribution in [0.15, 0.2) is 16.6 Å². The van der Waals surface area contributed by atoms with Gasteiger partial charge in [-0.25, -0.2) is 4.79 Å². The molecule has 0 aliphatic heterocycles. The molecule has 2 rings (SSSR count). The maximum absolute atomic E-state index is 12.1. The van der Waals surface area contributed by atoms with Gasteiger partial charge in [-0.05, 0) is 54.4 Å². The number of phenolic OH excluding ortho intramolecular Hbond substituents is 1. The van der Waals surface area contributed by atoms with Crippen molar-refractivity contribution in [2.75, 3.05) is 11.9 Å². The van der Waals surface area contributed by atoms with Crippen LogP contribution in [0.1, 0.15) is 27.3 Å². The predicted molar refractivity (Wildman–Crippen MR) is 92.1 cm³/mol. The molecule has 0 aliphatic rings. The highest BCUT2D eigenvalue weighted by Crippen LogP contribution is 2.29. The summed E-state index contributed by atoms with van der Waals surface area (Å²) in [7, 11) is 1.77. The molecule has 0 saturated carbocycles. The molecular weight excluding hydrogens is 378 g/mol. The molecule has 0 radical (unpaired) electrons. The summed E-state index contributed by atoms with van der Waals surface area (Å²) in [6, 6.07) is 3.17. The summed E-state index contributed by atoms with van der Waals surface area (Å²) in [5, 5.41) is 16.8. The van der Waals surface area contributed by atoms with E-state index in [2.05, 4.69) is 26.3 Å². The molecule has 1 aromatic heterocycles. The van der Waals surface area contributed by atoms with Crippen molar-refractivity contribution in [1.29, 1.82) is 0 Å². The van der Waals surface area contributed by atoms with Crippen LogP contribution < -0.4 is 5.32 Å². The number of hydrogen-bond acceptors (Lipinski definition) is 5. The summed E-state index contributed by atoms with van der Waals surface area (Å²) in [6.45, 7) is 4.92. The molecule has 1 amide bonds. The van der Waals surface area contributed by atoms with Gasteiger partial charge in [-0.3, -0.25) is 9.48 Å². The number of carbonyl (C=O) groups excluding carboxylic acids is 2. The third-order valence-corrected chi connectivity index (χ3v) is 4.14. The summed E-state index contributed by atoms with van der Waals surface area (Å²) in [4.78, 5) is 24.0. The molecule has 1 aromatic carbocycles. The lowest BCUT2D eigenvalue weighted by Gasteiger charge is -2.09. The first-order valence-electron chi connectivity index (χ1n) is 7.17. The topological polar surface area (TPSA) is 93.4 Å². The van der Waals surface area contributed by atoms with Crippen LogP contribution in [-0.4, -0.2) is 33.4 Å². The van der Waals surface area contributed by atoms with Crippen LogP contribution in [0.4, 0.5) is 5.69 Å². The molecule has 2 N–H and O–H groups in total. The smallest absolute Gasteiger partial charge is 0.342 e. The Hall–Kier alpha value is -2.35. The number of ether oxygens (including phenoxy) is 1. The van der Waals surface area contributed by atoms with E-state index in [0.717, 1.165) is 11.3 Å². The van der Waals surface area contributed by atoms with Crippen molar-refractivity contribution >= 4 is 33.5 Å². The van der Waals surface area contributed by atoms with E-state index in [-0.39, 0.29) is 11.3 Å². The number of hydrogen-bond donors (Lipinski definition) is 2. The number of amides is 1. The van der Waals surface area contributed by atoms with Gasteiger partial charge in [0, 0.05) is 7.05 Å². The number of carbonyl (C=O) groups is 2. The van der Waals surface area contributed by atoms with Gasteiger partial charge in [-0.15, -0.1) is 0 Å². The summed E-state index contributed by atoms with van der Waals surface area (Å²) in [5.74, 6) is -1.47. The number of aromatic hydroxyl groups is 1. The minimum absolute atomic E-state index is 0.00316. The molecule has 8 heteroatoms.